The molecule has 0 saturated carbocycles. The number of halogens is 2. The number of carbonyl (C=O) groups excluding carboxylic acids is 1. The summed E-state index contributed by atoms with van der Waals surface area (Å²) in [4.78, 5) is 14.7. The Morgan fingerprint density at radius 1 is 1.59 bits per heavy atom. The number of nitrogens with two attached hydrogens (primary N) is 1. The van der Waals surface area contributed by atoms with Crippen LogP contribution < -0.4 is 11.1 Å². The van der Waals surface area contributed by atoms with Crippen LogP contribution in [0.4, 0.5) is 0 Å². The van der Waals surface area contributed by atoms with E-state index in [4.69, 9.17) is 28.9 Å². The van der Waals surface area contributed by atoms with Gasteiger partial charge in [0, 0.05) is 6.54 Å². The number of carbonyl (C=O) groups is 1. The fourth-order valence-corrected chi connectivity index (χ4v) is 1.60. The minimum absolute atomic E-state index is 0.220. The molecular formula is C11H17Cl2N3O. The number of aromatic amines is 1. The maximum Gasteiger partial charge on any atom is 0.268 e. The maximum atomic E-state index is 12.0. The molecule has 17 heavy (non-hydrogen) atoms. The van der Waals surface area contributed by atoms with Crippen molar-refractivity contribution in [2.75, 3.05) is 6.54 Å². The van der Waals surface area contributed by atoms with Crippen LogP contribution in [0.25, 0.3) is 0 Å². The fourth-order valence-electron chi connectivity index (χ4n) is 1.28. The van der Waals surface area contributed by atoms with Crippen LogP contribution in [0.15, 0.2) is 6.07 Å². The van der Waals surface area contributed by atoms with Crippen LogP contribution in [0.3, 0.4) is 0 Å². The van der Waals surface area contributed by atoms with Gasteiger partial charge < -0.3 is 16.0 Å². The molecule has 1 amide bonds. The van der Waals surface area contributed by atoms with Gasteiger partial charge in [0.25, 0.3) is 5.91 Å². The molecule has 0 aliphatic carbocycles. The molecule has 0 bridgehead atoms. The van der Waals surface area contributed by atoms with Crippen LogP contribution in [-0.2, 0) is 0 Å². The molecule has 0 aromatic carbocycles. The lowest BCUT2D eigenvalue weighted by atomic mass is 9.88. The zero-order chi connectivity index (χ0) is 13.2. The number of H-pyrrole nitrogens is 1. The summed E-state index contributed by atoms with van der Waals surface area (Å²) in [6.07, 6.45) is 0. The SMILES string of the molecule is CC(C)C(C)(CN)NC(=O)c1cc(Cl)c(Cl)[nH]1. The number of nitrogens with one attached hydrogen (secondary N) is 2. The smallest absolute Gasteiger partial charge is 0.268 e. The molecule has 6 heteroatoms. The zero-order valence-electron chi connectivity index (χ0n) is 10.1. The minimum Gasteiger partial charge on any atom is -0.344 e. The first-order chi connectivity index (χ1) is 7.80. The monoisotopic (exact) mass is 277 g/mol. The molecule has 4 nitrogen and oxygen atoms in total. The fraction of sp³-hybridized carbons (Fsp3) is 0.545. The summed E-state index contributed by atoms with van der Waals surface area (Å²) in [7, 11) is 0. The molecule has 1 atom stereocenters. The van der Waals surface area contributed by atoms with Crippen LogP contribution in [0.5, 0.6) is 0 Å². The van der Waals surface area contributed by atoms with Crippen molar-refractivity contribution in [2.45, 2.75) is 26.3 Å². The van der Waals surface area contributed by atoms with Gasteiger partial charge >= 0.3 is 0 Å². The summed E-state index contributed by atoms with van der Waals surface area (Å²) >= 11 is 11.5. The Morgan fingerprint density at radius 3 is 2.53 bits per heavy atom. The van der Waals surface area contributed by atoms with Crippen molar-refractivity contribution in [3.63, 3.8) is 0 Å². The van der Waals surface area contributed by atoms with Crippen molar-refractivity contribution in [2.24, 2.45) is 11.7 Å². The molecule has 0 spiro atoms. The molecule has 0 aliphatic rings. The summed E-state index contributed by atoms with van der Waals surface area (Å²) in [5.41, 5.74) is 5.57. The van der Waals surface area contributed by atoms with Gasteiger partial charge in [-0.2, -0.15) is 0 Å². The van der Waals surface area contributed by atoms with Crippen LogP contribution >= 0.6 is 23.2 Å². The summed E-state index contributed by atoms with van der Waals surface area (Å²) in [6.45, 7) is 6.27. The topological polar surface area (TPSA) is 70.9 Å². The number of aromatic nitrogens is 1. The predicted octanol–water partition coefficient (Wildman–Crippen LogP) is 2.42. The Morgan fingerprint density at radius 2 is 2.18 bits per heavy atom. The second-order valence-electron chi connectivity index (χ2n) is 4.58. The van der Waals surface area contributed by atoms with Gasteiger partial charge in [0.05, 0.1) is 10.6 Å². The highest BCUT2D eigenvalue weighted by atomic mass is 35.5. The summed E-state index contributed by atoms with van der Waals surface area (Å²) in [5.74, 6) is -0.0437. The summed E-state index contributed by atoms with van der Waals surface area (Å²) in [5, 5.41) is 3.48. The van der Waals surface area contributed by atoms with E-state index in [1.54, 1.807) is 0 Å². The highest BCUT2D eigenvalue weighted by Crippen LogP contribution is 2.22. The molecule has 1 aromatic heterocycles. The van der Waals surface area contributed by atoms with Crippen LogP contribution in [0, 0.1) is 5.92 Å². The Balaban J connectivity index is 2.85. The molecule has 1 heterocycles. The lowest BCUT2D eigenvalue weighted by Crippen LogP contribution is -2.55. The molecule has 1 aromatic rings. The Labute approximate surface area is 111 Å². The van der Waals surface area contributed by atoms with Gasteiger partial charge in [-0.05, 0) is 18.9 Å². The first kappa shape index (κ1) is 14.4. The first-order valence-electron chi connectivity index (χ1n) is 5.36. The van der Waals surface area contributed by atoms with E-state index < -0.39 is 5.54 Å². The minimum atomic E-state index is -0.457. The van der Waals surface area contributed by atoms with E-state index in [1.165, 1.54) is 6.07 Å². The molecule has 96 valence electrons. The van der Waals surface area contributed by atoms with Crippen molar-refractivity contribution in [1.29, 1.82) is 0 Å². The van der Waals surface area contributed by atoms with Gasteiger partial charge in [-0.3, -0.25) is 4.79 Å². The van der Waals surface area contributed by atoms with Crippen molar-refractivity contribution in [1.82, 2.24) is 10.3 Å². The van der Waals surface area contributed by atoms with Gasteiger partial charge in [-0.15, -0.1) is 0 Å². The third kappa shape index (κ3) is 3.15. The van der Waals surface area contributed by atoms with Gasteiger partial charge in [-0.25, -0.2) is 0 Å². The van der Waals surface area contributed by atoms with Crippen molar-refractivity contribution in [3.05, 3.63) is 21.9 Å². The first-order valence-corrected chi connectivity index (χ1v) is 6.12. The second kappa shape index (κ2) is 5.29. The lowest BCUT2D eigenvalue weighted by Gasteiger charge is -2.33. The highest BCUT2D eigenvalue weighted by molar-refractivity contribution is 6.41. The molecular weight excluding hydrogens is 261 g/mol. The normalized spacial score (nSPS) is 14.8. The van der Waals surface area contributed by atoms with Gasteiger partial charge in [0.15, 0.2) is 0 Å². The zero-order valence-corrected chi connectivity index (χ0v) is 11.6. The summed E-state index contributed by atoms with van der Waals surface area (Å²) < 4.78 is 0. The largest absolute Gasteiger partial charge is 0.344 e. The average molecular weight is 278 g/mol. The molecule has 0 radical (unpaired) electrons. The van der Waals surface area contributed by atoms with Gasteiger partial charge in [0.2, 0.25) is 0 Å². The van der Waals surface area contributed by atoms with Crippen molar-refractivity contribution in [3.8, 4) is 0 Å². The van der Waals surface area contributed by atoms with Crippen LogP contribution in [-0.4, -0.2) is 23.0 Å². The van der Waals surface area contributed by atoms with E-state index in [-0.39, 0.29) is 17.0 Å². The van der Waals surface area contributed by atoms with Gasteiger partial charge in [-0.1, -0.05) is 37.0 Å². The van der Waals surface area contributed by atoms with E-state index in [2.05, 4.69) is 10.3 Å². The Hall–Kier alpha value is -0.710. The number of hydrogen-bond acceptors (Lipinski definition) is 2. The van der Waals surface area contributed by atoms with Crippen LogP contribution in [0.2, 0.25) is 10.2 Å². The lowest BCUT2D eigenvalue weighted by molar-refractivity contribution is 0.0878. The van der Waals surface area contributed by atoms with Gasteiger partial charge in [0.1, 0.15) is 10.8 Å². The molecule has 0 fully saturated rings. The van der Waals surface area contributed by atoms with E-state index >= 15 is 0 Å². The quantitative estimate of drug-likeness (QED) is 0.791. The number of amides is 1. The number of rotatable bonds is 4. The van der Waals surface area contributed by atoms with E-state index in [0.29, 0.717) is 17.3 Å². The molecule has 1 rings (SSSR count). The Kier molecular flexibility index (Phi) is 4.47. The molecule has 0 saturated heterocycles. The molecule has 0 aliphatic heterocycles. The molecule has 4 N–H and O–H groups in total. The van der Waals surface area contributed by atoms with E-state index in [1.807, 2.05) is 20.8 Å². The predicted molar refractivity (Wildman–Crippen MR) is 70.6 cm³/mol. The van der Waals surface area contributed by atoms with E-state index in [0.717, 1.165) is 0 Å². The molecule has 1 unspecified atom stereocenters. The Bertz CT molecular complexity index is 397. The number of hydrogen-bond donors (Lipinski definition) is 3. The van der Waals surface area contributed by atoms with Crippen molar-refractivity contribution < 1.29 is 4.79 Å². The van der Waals surface area contributed by atoms with Crippen LogP contribution in [0.1, 0.15) is 31.3 Å². The maximum absolute atomic E-state index is 12.0. The third-order valence-electron chi connectivity index (χ3n) is 3.07. The summed E-state index contributed by atoms with van der Waals surface area (Å²) in [6, 6.07) is 1.50. The second-order valence-corrected chi connectivity index (χ2v) is 5.36. The average Bonchev–Trinajstić information content (AvgIpc) is 2.59. The standard InChI is InChI=1S/C11H17Cl2N3O/c1-6(2)11(3,5-14)16-10(17)8-4-7(12)9(13)15-8/h4,6,15H,5,14H2,1-3H3,(H,16,17). The third-order valence-corrected chi connectivity index (χ3v) is 3.76. The van der Waals surface area contributed by atoms with Crippen molar-refractivity contribution >= 4 is 29.1 Å². The van der Waals surface area contributed by atoms with E-state index in [9.17, 15) is 4.79 Å². The highest BCUT2D eigenvalue weighted by Gasteiger charge is 2.29.